The summed E-state index contributed by atoms with van der Waals surface area (Å²) in [4.78, 5) is 4.37. The van der Waals surface area contributed by atoms with Crippen molar-refractivity contribution in [3.8, 4) is 11.5 Å². The van der Waals surface area contributed by atoms with E-state index < -0.39 is 0 Å². The van der Waals surface area contributed by atoms with Gasteiger partial charge in [-0.2, -0.15) is 0 Å². The molecule has 0 fully saturated rings. The molecule has 0 unspecified atom stereocenters. The number of nitrogens with one attached hydrogen (secondary N) is 1. The lowest BCUT2D eigenvalue weighted by Gasteiger charge is -2.19. The normalized spacial score (nSPS) is 11.5. The zero-order chi connectivity index (χ0) is 17.2. The number of benzene rings is 1. The fraction of sp³-hybridized carbons (Fsp3) is 0.316. The summed E-state index contributed by atoms with van der Waals surface area (Å²) >= 11 is 0. The van der Waals surface area contributed by atoms with E-state index in [0.717, 1.165) is 16.8 Å². The standard InChI is InChI=1S/C19H22N4O/c1-13-5-6-15(18-23-22-12-24-18)8-17(13)21-10-14-7-16(11-20-9-14)19(2,3)4/h5-9,11-12,21H,10H2,1-4H3. The van der Waals surface area contributed by atoms with Crippen LogP contribution in [0.4, 0.5) is 5.69 Å². The number of pyridine rings is 1. The van der Waals surface area contributed by atoms with Gasteiger partial charge in [0.05, 0.1) is 0 Å². The molecule has 124 valence electrons. The van der Waals surface area contributed by atoms with Crippen LogP contribution < -0.4 is 5.32 Å². The van der Waals surface area contributed by atoms with Crippen molar-refractivity contribution in [3.63, 3.8) is 0 Å². The molecule has 0 saturated heterocycles. The average Bonchev–Trinajstić information content (AvgIpc) is 3.08. The minimum absolute atomic E-state index is 0.0940. The molecule has 0 amide bonds. The van der Waals surface area contributed by atoms with Crippen molar-refractivity contribution in [1.82, 2.24) is 15.2 Å². The molecule has 0 radical (unpaired) electrons. The molecule has 0 spiro atoms. The Morgan fingerprint density at radius 1 is 1.12 bits per heavy atom. The summed E-state index contributed by atoms with van der Waals surface area (Å²) in [5, 5.41) is 11.2. The minimum Gasteiger partial charge on any atom is -0.423 e. The number of hydrogen-bond donors (Lipinski definition) is 1. The van der Waals surface area contributed by atoms with Gasteiger partial charge in [-0.1, -0.05) is 32.9 Å². The number of nitrogens with zero attached hydrogens (tertiary/aromatic N) is 3. The molecule has 0 atom stereocenters. The second-order valence-corrected chi connectivity index (χ2v) is 6.96. The van der Waals surface area contributed by atoms with E-state index in [2.05, 4.69) is 54.3 Å². The number of rotatable bonds is 4. The summed E-state index contributed by atoms with van der Waals surface area (Å²) in [7, 11) is 0. The van der Waals surface area contributed by atoms with Crippen LogP contribution in [0.25, 0.3) is 11.5 Å². The smallest absolute Gasteiger partial charge is 0.247 e. The highest BCUT2D eigenvalue weighted by Gasteiger charge is 2.14. The van der Waals surface area contributed by atoms with Crippen molar-refractivity contribution in [3.05, 3.63) is 59.7 Å². The Morgan fingerprint density at radius 3 is 2.67 bits per heavy atom. The van der Waals surface area contributed by atoms with Gasteiger partial charge in [0.1, 0.15) is 0 Å². The third-order valence-corrected chi connectivity index (χ3v) is 3.99. The van der Waals surface area contributed by atoms with Crippen LogP contribution in [0.1, 0.15) is 37.5 Å². The summed E-state index contributed by atoms with van der Waals surface area (Å²) in [5.41, 5.74) is 5.60. The molecule has 5 nitrogen and oxygen atoms in total. The molecule has 0 aliphatic heterocycles. The van der Waals surface area contributed by atoms with E-state index in [9.17, 15) is 0 Å². The average molecular weight is 322 g/mol. The Labute approximate surface area is 142 Å². The first-order valence-corrected chi connectivity index (χ1v) is 7.99. The molecule has 0 aliphatic carbocycles. The fourth-order valence-electron chi connectivity index (χ4n) is 2.44. The molecule has 2 heterocycles. The second kappa shape index (κ2) is 6.43. The van der Waals surface area contributed by atoms with Crippen molar-refractivity contribution in [2.24, 2.45) is 0 Å². The Kier molecular flexibility index (Phi) is 4.34. The van der Waals surface area contributed by atoms with Gasteiger partial charge in [-0.25, -0.2) is 0 Å². The Bertz CT molecular complexity index is 820. The highest BCUT2D eigenvalue weighted by Crippen LogP contribution is 2.25. The van der Waals surface area contributed by atoms with E-state index in [1.54, 1.807) is 0 Å². The fourth-order valence-corrected chi connectivity index (χ4v) is 2.44. The highest BCUT2D eigenvalue weighted by atomic mass is 16.4. The number of hydrogen-bond acceptors (Lipinski definition) is 5. The van der Waals surface area contributed by atoms with Crippen LogP contribution in [0, 0.1) is 6.92 Å². The molecule has 2 aromatic heterocycles. The van der Waals surface area contributed by atoms with Crippen LogP contribution in [-0.4, -0.2) is 15.2 Å². The first-order chi connectivity index (χ1) is 11.4. The Hall–Kier alpha value is -2.69. The third kappa shape index (κ3) is 3.62. The van der Waals surface area contributed by atoms with Crippen LogP contribution in [0.15, 0.2) is 47.5 Å². The first-order valence-electron chi connectivity index (χ1n) is 7.99. The lowest BCUT2D eigenvalue weighted by atomic mass is 9.88. The minimum atomic E-state index is 0.0940. The van der Waals surface area contributed by atoms with Gasteiger partial charge in [-0.3, -0.25) is 4.98 Å². The van der Waals surface area contributed by atoms with Gasteiger partial charge in [0, 0.05) is 30.2 Å². The van der Waals surface area contributed by atoms with Gasteiger partial charge in [0.25, 0.3) is 0 Å². The van der Waals surface area contributed by atoms with E-state index in [-0.39, 0.29) is 5.41 Å². The summed E-state index contributed by atoms with van der Waals surface area (Å²) in [6.07, 6.45) is 5.18. The molecule has 0 aliphatic rings. The van der Waals surface area contributed by atoms with Gasteiger partial charge < -0.3 is 9.73 Å². The van der Waals surface area contributed by atoms with E-state index in [1.807, 2.05) is 30.6 Å². The number of aromatic nitrogens is 3. The molecule has 3 aromatic rings. The SMILES string of the molecule is Cc1ccc(-c2nnco2)cc1NCc1cncc(C(C)(C)C)c1. The maximum absolute atomic E-state index is 5.27. The molecule has 0 saturated carbocycles. The number of anilines is 1. The molecule has 5 heteroatoms. The topological polar surface area (TPSA) is 63.8 Å². The van der Waals surface area contributed by atoms with Crippen molar-refractivity contribution in [2.45, 2.75) is 39.7 Å². The second-order valence-electron chi connectivity index (χ2n) is 6.96. The Morgan fingerprint density at radius 2 is 1.96 bits per heavy atom. The quantitative estimate of drug-likeness (QED) is 0.773. The van der Waals surface area contributed by atoms with Crippen LogP contribution in [-0.2, 0) is 12.0 Å². The van der Waals surface area contributed by atoms with Crippen LogP contribution in [0.3, 0.4) is 0 Å². The van der Waals surface area contributed by atoms with Gasteiger partial charge >= 0.3 is 0 Å². The molecule has 1 N–H and O–H groups in total. The summed E-state index contributed by atoms with van der Waals surface area (Å²) < 4.78 is 5.27. The molecule has 24 heavy (non-hydrogen) atoms. The summed E-state index contributed by atoms with van der Waals surface area (Å²) in [6.45, 7) is 9.37. The lowest BCUT2D eigenvalue weighted by Crippen LogP contribution is -2.12. The monoisotopic (exact) mass is 322 g/mol. The van der Waals surface area contributed by atoms with Crippen molar-refractivity contribution >= 4 is 5.69 Å². The van der Waals surface area contributed by atoms with Gasteiger partial charge in [-0.05, 0) is 41.2 Å². The van der Waals surface area contributed by atoms with Crippen LogP contribution in [0.2, 0.25) is 0 Å². The first kappa shape index (κ1) is 16.2. The zero-order valence-electron chi connectivity index (χ0n) is 14.5. The van der Waals surface area contributed by atoms with Crippen molar-refractivity contribution in [1.29, 1.82) is 0 Å². The van der Waals surface area contributed by atoms with Crippen LogP contribution in [0.5, 0.6) is 0 Å². The van der Waals surface area contributed by atoms with Gasteiger partial charge in [0.2, 0.25) is 12.3 Å². The van der Waals surface area contributed by atoms with Gasteiger partial charge in [-0.15, -0.1) is 10.2 Å². The summed E-state index contributed by atoms with van der Waals surface area (Å²) in [5.74, 6) is 0.523. The lowest BCUT2D eigenvalue weighted by molar-refractivity contribution is 0.568. The van der Waals surface area contributed by atoms with Gasteiger partial charge in [0.15, 0.2) is 0 Å². The largest absolute Gasteiger partial charge is 0.423 e. The third-order valence-electron chi connectivity index (χ3n) is 3.99. The van der Waals surface area contributed by atoms with E-state index in [0.29, 0.717) is 12.4 Å². The van der Waals surface area contributed by atoms with Crippen LogP contribution >= 0.6 is 0 Å². The van der Waals surface area contributed by atoms with Crippen molar-refractivity contribution < 1.29 is 4.42 Å². The molecule has 3 rings (SSSR count). The summed E-state index contributed by atoms with van der Waals surface area (Å²) in [6, 6.07) is 8.27. The van der Waals surface area contributed by atoms with E-state index in [4.69, 9.17) is 4.42 Å². The molecular weight excluding hydrogens is 300 g/mol. The zero-order valence-corrected chi connectivity index (χ0v) is 14.5. The maximum Gasteiger partial charge on any atom is 0.247 e. The molecule has 0 bridgehead atoms. The highest BCUT2D eigenvalue weighted by molar-refractivity contribution is 5.64. The molecule has 1 aromatic carbocycles. The number of aryl methyl sites for hydroxylation is 1. The molecular formula is C19H22N4O. The van der Waals surface area contributed by atoms with Crippen molar-refractivity contribution in [2.75, 3.05) is 5.32 Å². The predicted octanol–water partition coefficient (Wildman–Crippen LogP) is 4.35. The predicted molar refractivity (Wildman–Crippen MR) is 94.7 cm³/mol. The van der Waals surface area contributed by atoms with E-state index in [1.165, 1.54) is 17.5 Å². The maximum atomic E-state index is 5.27. The Balaban J connectivity index is 1.79. The van der Waals surface area contributed by atoms with E-state index >= 15 is 0 Å².